The van der Waals surface area contributed by atoms with Crippen LogP contribution in [0.2, 0.25) is 0 Å². The zero-order valence-corrected chi connectivity index (χ0v) is 15.9. The zero-order chi connectivity index (χ0) is 18.8. The lowest BCUT2D eigenvalue weighted by Crippen LogP contribution is -2.52. The van der Waals surface area contributed by atoms with Crippen LogP contribution in [0.3, 0.4) is 0 Å². The number of carbonyl (C=O) groups is 1. The van der Waals surface area contributed by atoms with Crippen LogP contribution >= 0.6 is 0 Å². The van der Waals surface area contributed by atoms with E-state index in [1.807, 2.05) is 52.0 Å². The predicted molar refractivity (Wildman–Crippen MR) is 104 cm³/mol. The average Bonchev–Trinajstić information content (AvgIpc) is 2.49. The van der Waals surface area contributed by atoms with Gasteiger partial charge in [-0.1, -0.05) is 12.1 Å². The van der Waals surface area contributed by atoms with Crippen LogP contribution in [0.4, 0.5) is 16.3 Å². The fourth-order valence-corrected chi connectivity index (χ4v) is 3.16. The van der Waals surface area contributed by atoms with Gasteiger partial charge >= 0.3 is 6.09 Å². The van der Waals surface area contributed by atoms with Gasteiger partial charge in [0.15, 0.2) is 0 Å². The molecule has 26 heavy (non-hydrogen) atoms. The minimum atomic E-state index is -0.505. The van der Waals surface area contributed by atoms with Gasteiger partial charge in [0.2, 0.25) is 0 Å². The molecule has 2 N–H and O–H groups in total. The number of anilines is 2. The molecule has 0 unspecified atom stereocenters. The number of aryl methyl sites for hydroxylation is 1. The molecule has 1 heterocycles. The number of ether oxygens (including phenoxy) is 1. The van der Waals surface area contributed by atoms with E-state index in [4.69, 9.17) is 4.74 Å². The third-order valence-electron chi connectivity index (χ3n) is 4.55. The molecular formula is C21H27N3O2. The van der Waals surface area contributed by atoms with Gasteiger partial charge in [-0.25, -0.2) is 9.78 Å². The Morgan fingerprint density at radius 3 is 2.58 bits per heavy atom. The van der Waals surface area contributed by atoms with E-state index in [2.05, 4.69) is 27.8 Å². The molecule has 0 aliphatic heterocycles. The summed E-state index contributed by atoms with van der Waals surface area (Å²) >= 11 is 0. The van der Waals surface area contributed by atoms with Crippen LogP contribution in [-0.2, 0) is 10.3 Å². The lowest BCUT2D eigenvalue weighted by molar-refractivity contribution is 0.0377. The molecule has 0 atom stereocenters. The second-order valence-corrected chi connectivity index (χ2v) is 7.99. The standard InChI is InChI=1S/C21H27N3O2/c1-15-9-12-22-18(13-15)23-17-8-5-7-16(14-17)21(10-6-11-21)24-19(25)26-20(2,3)4/h5,7-9,12-14H,6,10-11H2,1-4H3,(H,22,23)(H,24,25). The Bertz CT molecular complexity index is 792. The van der Waals surface area contributed by atoms with Gasteiger partial charge in [0.05, 0.1) is 5.54 Å². The quantitative estimate of drug-likeness (QED) is 0.808. The minimum absolute atomic E-state index is 0.347. The third-order valence-corrected chi connectivity index (χ3v) is 4.55. The number of nitrogens with zero attached hydrogens (tertiary/aromatic N) is 1. The van der Waals surface area contributed by atoms with Gasteiger partial charge in [-0.05, 0) is 82.3 Å². The summed E-state index contributed by atoms with van der Waals surface area (Å²) in [5, 5.41) is 6.44. The summed E-state index contributed by atoms with van der Waals surface area (Å²) in [5.74, 6) is 0.810. The summed E-state index contributed by atoms with van der Waals surface area (Å²) < 4.78 is 5.45. The smallest absolute Gasteiger partial charge is 0.408 e. The summed E-state index contributed by atoms with van der Waals surface area (Å²) in [6.07, 6.45) is 4.35. The first kappa shape index (κ1) is 18.2. The first-order valence-electron chi connectivity index (χ1n) is 9.07. The summed E-state index contributed by atoms with van der Waals surface area (Å²) in [6, 6.07) is 12.1. The van der Waals surface area contributed by atoms with Crippen molar-refractivity contribution >= 4 is 17.6 Å². The topological polar surface area (TPSA) is 63.2 Å². The van der Waals surface area contributed by atoms with E-state index < -0.39 is 5.60 Å². The van der Waals surface area contributed by atoms with Crippen molar-refractivity contribution in [3.63, 3.8) is 0 Å². The van der Waals surface area contributed by atoms with E-state index in [0.717, 1.165) is 41.9 Å². The highest BCUT2D eigenvalue weighted by Gasteiger charge is 2.41. The van der Waals surface area contributed by atoms with E-state index in [0.29, 0.717) is 0 Å². The maximum atomic E-state index is 12.3. The minimum Gasteiger partial charge on any atom is -0.444 e. The molecule has 2 aromatic rings. The van der Waals surface area contributed by atoms with Gasteiger partial charge < -0.3 is 15.4 Å². The Labute approximate surface area is 155 Å². The molecule has 0 saturated heterocycles. The summed E-state index contributed by atoms with van der Waals surface area (Å²) in [7, 11) is 0. The maximum absolute atomic E-state index is 12.3. The number of nitrogens with one attached hydrogen (secondary N) is 2. The normalized spacial score (nSPS) is 15.7. The summed E-state index contributed by atoms with van der Waals surface area (Å²) in [4.78, 5) is 16.6. The van der Waals surface area contributed by atoms with Crippen molar-refractivity contribution in [1.82, 2.24) is 10.3 Å². The Balaban J connectivity index is 1.78. The van der Waals surface area contributed by atoms with Gasteiger partial charge in [0.1, 0.15) is 11.4 Å². The number of hydrogen-bond acceptors (Lipinski definition) is 4. The van der Waals surface area contributed by atoms with Crippen molar-refractivity contribution in [3.8, 4) is 0 Å². The molecule has 1 aromatic carbocycles. The number of pyridine rings is 1. The largest absolute Gasteiger partial charge is 0.444 e. The Kier molecular flexibility index (Phi) is 4.90. The van der Waals surface area contributed by atoms with Crippen molar-refractivity contribution in [1.29, 1.82) is 0 Å². The van der Waals surface area contributed by atoms with Crippen molar-refractivity contribution in [2.24, 2.45) is 0 Å². The van der Waals surface area contributed by atoms with Crippen molar-refractivity contribution < 1.29 is 9.53 Å². The van der Waals surface area contributed by atoms with Crippen LogP contribution in [0.15, 0.2) is 42.6 Å². The lowest BCUT2D eigenvalue weighted by Gasteiger charge is -2.43. The molecule has 3 rings (SSSR count). The molecule has 1 aromatic heterocycles. The molecule has 5 heteroatoms. The van der Waals surface area contributed by atoms with E-state index >= 15 is 0 Å². The van der Waals surface area contributed by atoms with Crippen LogP contribution in [-0.4, -0.2) is 16.7 Å². The zero-order valence-electron chi connectivity index (χ0n) is 15.9. The first-order chi connectivity index (χ1) is 12.3. The SMILES string of the molecule is Cc1ccnc(Nc2cccc(C3(NC(=O)OC(C)(C)C)CCC3)c2)c1. The molecule has 1 amide bonds. The molecule has 1 aliphatic rings. The summed E-state index contributed by atoms with van der Waals surface area (Å²) in [5.41, 5.74) is 2.35. The van der Waals surface area contributed by atoms with Gasteiger partial charge in [-0.15, -0.1) is 0 Å². The van der Waals surface area contributed by atoms with Gasteiger partial charge in [0, 0.05) is 11.9 Å². The van der Waals surface area contributed by atoms with E-state index in [-0.39, 0.29) is 11.6 Å². The number of amides is 1. The number of rotatable bonds is 4. The van der Waals surface area contributed by atoms with Crippen LogP contribution in [0.1, 0.15) is 51.2 Å². The molecule has 1 saturated carbocycles. The molecule has 138 valence electrons. The fourth-order valence-electron chi connectivity index (χ4n) is 3.16. The molecule has 0 radical (unpaired) electrons. The van der Waals surface area contributed by atoms with Crippen LogP contribution < -0.4 is 10.6 Å². The molecular weight excluding hydrogens is 326 g/mol. The highest BCUT2D eigenvalue weighted by Crippen LogP contribution is 2.42. The highest BCUT2D eigenvalue weighted by atomic mass is 16.6. The Morgan fingerprint density at radius 1 is 1.19 bits per heavy atom. The van der Waals surface area contributed by atoms with Crippen LogP contribution in [0.25, 0.3) is 0 Å². The maximum Gasteiger partial charge on any atom is 0.408 e. The Morgan fingerprint density at radius 2 is 1.96 bits per heavy atom. The molecule has 1 aliphatic carbocycles. The number of alkyl carbamates (subject to hydrolysis) is 1. The Hall–Kier alpha value is -2.56. The predicted octanol–water partition coefficient (Wildman–Crippen LogP) is 5.04. The number of hydrogen-bond donors (Lipinski definition) is 2. The van der Waals surface area contributed by atoms with Gasteiger partial charge in [-0.3, -0.25) is 0 Å². The first-order valence-corrected chi connectivity index (χ1v) is 9.07. The monoisotopic (exact) mass is 353 g/mol. The molecule has 5 nitrogen and oxygen atoms in total. The number of carbonyl (C=O) groups excluding carboxylic acids is 1. The second-order valence-electron chi connectivity index (χ2n) is 7.99. The van der Waals surface area contributed by atoms with Crippen LogP contribution in [0.5, 0.6) is 0 Å². The fraction of sp³-hybridized carbons (Fsp3) is 0.429. The van der Waals surface area contributed by atoms with Crippen molar-refractivity contribution in [3.05, 3.63) is 53.7 Å². The van der Waals surface area contributed by atoms with Crippen LogP contribution in [0, 0.1) is 6.92 Å². The highest BCUT2D eigenvalue weighted by molar-refractivity contribution is 5.70. The van der Waals surface area contributed by atoms with E-state index in [1.165, 1.54) is 0 Å². The number of aromatic nitrogens is 1. The van der Waals surface area contributed by atoms with Crippen molar-refractivity contribution in [2.45, 2.75) is 58.1 Å². The van der Waals surface area contributed by atoms with Gasteiger partial charge in [0.25, 0.3) is 0 Å². The van der Waals surface area contributed by atoms with E-state index in [9.17, 15) is 4.79 Å². The van der Waals surface area contributed by atoms with E-state index in [1.54, 1.807) is 6.20 Å². The summed E-state index contributed by atoms with van der Waals surface area (Å²) in [6.45, 7) is 7.66. The molecule has 0 bridgehead atoms. The third kappa shape index (κ3) is 4.34. The molecule has 0 spiro atoms. The van der Waals surface area contributed by atoms with Gasteiger partial charge in [-0.2, -0.15) is 0 Å². The molecule has 1 fully saturated rings. The number of benzene rings is 1. The second kappa shape index (κ2) is 6.98. The average molecular weight is 353 g/mol. The van der Waals surface area contributed by atoms with Crippen molar-refractivity contribution in [2.75, 3.05) is 5.32 Å². The lowest BCUT2D eigenvalue weighted by atomic mass is 9.72.